The summed E-state index contributed by atoms with van der Waals surface area (Å²) in [7, 11) is 0. The molecule has 0 aliphatic heterocycles. The van der Waals surface area contributed by atoms with E-state index in [1.165, 1.54) is 34.0 Å². The van der Waals surface area contributed by atoms with Crippen LogP contribution in [0.5, 0.6) is 0 Å². The summed E-state index contributed by atoms with van der Waals surface area (Å²) in [6.45, 7) is 2.49. The average molecular weight is 475 g/mol. The van der Waals surface area contributed by atoms with Gasteiger partial charge in [-0.1, -0.05) is 19.1 Å². The number of fused-ring (bicyclic) bond motifs is 1. The van der Waals surface area contributed by atoms with E-state index in [0.29, 0.717) is 26.2 Å². The van der Waals surface area contributed by atoms with Gasteiger partial charge in [0.2, 0.25) is 0 Å². The predicted octanol–water partition coefficient (Wildman–Crippen LogP) is 4.84. The molecule has 31 heavy (non-hydrogen) atoms. The Kier molecular flexibility index (Phi) is 6.84. The predicted molar refractivity (Wildman–Crippen MR) is 125 cm³/mol. The first-order valence-corrected chi connectivity index (χ1v) is 12.6. The molecular formula is C22H22N2O4S3. The van der Waals surface area contributed by atoms with Crippen LogP contribution in [0.4, 0.5) is 5.00 Å². The third-order valence-electron chi connectivity index (χ3n) is 5.05. The van der Waals surface area contributed by atoms with Crippen LogP contribution in [0.15, 0.2) is 35.0 Å². The number of esters is 1. The molecule has 2 amide bonds. The molecule has 2 N–H and O–H groups in total. The average Bonchev–Trinajstić information content (AvgIpc) is 3.51. The van der Waals surface area contributed by atoms with Crippen molar-refractivity contribution in [3.63, 3.8) is 0 Å². The smallest absolute Gasteiger partial charge is 0.348 e. The minimum Gasteiger partial charge on any atom is -0.460 e. The van der Waals surface area contributed by atoms with Crippen molar-refractivity contribution in [2.24, 2.45) is 5.92 Å². The summed E-state index contributed by atoms with van der Waals surface area (Å²) in [5.41, 5.74) is 1.57. The van der Waals surface area contributed by atoms with Gasteiger partial charge in [-0.2, -0.15) is 0 Å². The van der Waals surface area contributed by atoms with Crippen molar-refractivity contribution < 1.29 is 19.1 Å². The lowest BCUT2D eigenvalue weighted by Crippen LogP contribution is -2.29. The Labute approximate surface area is 192 Å². The molecule has 0 bridgehead atoms. The Hall–Kier alpha value is -2.49. The van der Waals surface area contributed by atoms with Gasteiger partial charge in [0.25, 0.3) is 11.8 Å². The van der Waals surface area contributed by atoms with Crippen molar-refractivity contribution in [3.8, 4) is 0 Å². The molecule has 0 fully saturated rings. The number of hydrogen-bond donors (Lipinski definition) is 2. The zero-order valence-corrected chi connectivity index (χ0v) is 19.4. The van der Waals surface area contributed by atoms with Crippen LogP contribution in [0.25, 0.3) is 0 Å². The van der Waals surface area contributed by atoms with Crippen LogP contribution in [0.3, 0.4) is 0 Å². The zero-order valence-electron chi connectivity index (χ0n) is 16.9. The van der Waals surface area contributed by atoms with E-state index in [2.05, 4.69) is 17.6 Å². The quantitative estimate of drug-likeness (QED) is 0.379. The van der Waals surface area contributed by atoms with Gasteiger partial charge in [0.05, 0.1) is 17.0 Å². The minimum atomic E-state index is -0.393. The summed E-state index contributed by atoms with van der Waals surface area (Å²) in [6.07, 6.45) is 2.74. The fourth-order valence-corrected chi connectivity index (χ4v) is 6.15. The number of rotatable bonds is 7. The maximum Gasteiger partial charge on any atom is 0.348 e. The lowest BCUT2D eigenvalue weighted by atomic mass is 9.88. The van der Waals surface area contributed by atoms with Gasteiger partial charge in [0.1, 0.15) is 16.5 Å². The molecule has 3 aromatic heterocycles. The van der Waals surface area contributed by atoms with E-state index < -0.39 is 5.97 Å². The Morgan fingerprint density at radius 1 is 1.10 bits per heavy atom. The van der Waals surface area contributed by atoms with E-state index in [9.17, 15) is 14.4 Å². The highest BCUT2D eigenvalue weighted by Gasteiger charge is 2.28. The number of anilines is 1. The van der Waals surface area contributed by atoms with E-state index in [-0.39, 0.29) is 25.0 Å². The zero-order chi connectivity index (χ0) is 21.8. The van der Waals surface area contributed by atoms with Gasteiger partial charge in [-0.3, -0.25) is 9.59 Å². The first kappa shape index (κ1) is 21.7. The monoisotopic (exact) mass is 474 g/mol. The summed E-state index contributed by atoms with van der Waals surface area (Å²) in [4.78, 5) is 39.8. The molecular weight excluding hydrogens is 452 g/mol. The van der Waals surface area contributed by atoms with Crippen molar-refractivity contribution in [2.45, 2.75) is 26.2 Å². The molecule has 6 nitrogen and oxygen atoms in total. The second kappa shape index (κ2) is 9.76. The summed E-state index contributed by atoms with van der Waals surface area (Å²) >= 11 is 4.17. The number of thiophene rings is 3. The second-order valence-corrected chi connectivity index (χ2v) is 10.4. The van der Waals surface area contributed by atoms with Crippen molar-refractivity contribution >= 4 is 56.8 Å². The van der Waals surface area contributed by atoms with Gasteiger partial charge in [-0.25, -0.2) is 4.79 Å². The van der Waals surface area contributed by atoms with Crippen LogP contribution >= 0.6 is 34.0 Å². The first-order chi connectivity index (χ1) is 15.0. The number of carbonyl (C=O) groups excluding carboxylic acids is 3. The molecule has 4 rings (SSSR count). The minimum absolute atomic E-state index is 0.0860. The van der Waals surface area contributed by atoms with Crippen molar-refractivity contribution in [1.82, 2.24) is 5.32 Å². The summed E-state index contributed by atoms with van der Waals surface area (Å²) in [6, 6.07) is 7.07. The number of amides is 2. The Morgan fingerprint density at radius 3 is 2.55 bits per heavy atom. The van der Waals surface area contributed by atoms with Crippen LogP contribution in [0.2, 0.25) is 0 Å². The van der Waals surface area contributed by atoms with Crippen LogP contribution in [0.1, 0.15) is 53.5 Å². The molecule has 3 aromatic rings. The van der Waals surface area contributed by atoms with Crippen LogP contribution in [-0.2, 0) is 17.6 Å². The normalized spacial score (nSPS) is 15.2. The lowest BCUT2D eigenvalue weighted by molar-refractivity contribution is 0.0508. The molecule has 162 valence electrons. The number of nitrogens with one attached hydrogen (secondary N) is 2. The van der Waals surface area contributed by atoms with Gasteiger partial charge < -0.3 is 15.4 Å². The first-order valence-electron chi connectivity index (χ1n) is 10.0. The maximum absolute atomic E-state index is 13.0. The highest BCUT2D eigenvalue weighted by molar-refractivity contribution is 7.17. The summed E-state index contributed by atoms with van der Waals surface area (Å²) in [5.74, 6) is -0.295. The van der Waals surface area contributed by atoms with E-state index in [4.69, 9.17) is 4.74 Å². The number of carbonyl (C=O) groups is 3. The third kappa shape index (κ3) is 5.06. The number of ether oxygens (including phenoxy) is 1. The van der Waals surface area contributed by atoms with E-state index in [1.807, 2.05) is 16.8 Å². The van der Waals surface area contributed by atoms with E-state index in [1.54, 1.807) is 18.2 Å². The van der Waals surface area contributed by atoms with Crippen molar-refractivity contribution in [1.29, 1.82) is 0 Å². The molecule has 1 unspecified atom stereocenters. The van der Waals surface area contributed by atoms with Gasteiger partial charge in [-0.05, 0) is 53.6 Å². The summed E-state index contributed by atoms with van der Waals surface area (Å²) < 4.78 is 5.22. The van der Waals surface area contributed by atoms with Gasteiger partial charge in [0.15, 0.2) is 0 Å². The molecule has 0 saturated carbocycles. The fraction of sp³-hybridized carbons (Fsp3) is 0.318. The molecule has 1 aliphatic carbocycles. The van der Waals surface area contributed by atoms with Gasteiger partial charge in [0, 0.05) is 4.88 Å². The SMILES string of the molecule is CC1CCc2c(sc(NC(=O)c3cccs3)c2C(=O)NCCOC(=O)c2cccs2)C1. The standard InChI is InChI=1S/C22H22N2O4S3/c1-13-6-7-14-17(12-13)31-21(24-19(25)15-4-2-10-29-15)18(14)20(26)23-8-9-28-22(27)16-5-3-11-30-16/h2-5,10-11,13H,6-9,12H2,1H3,(H,23,26)(H,24,25). The summed E-state index contributed by atoms with van der Waals surface area (Å²) in [5, 5.41) is 10.0. The highest BCUT2D eigenvalue weighted by Crippen LogP contribution is 2.40. The molecule has 0 saturated heterocycles. The second-order valence-electron chi connectivity index (χ2n) is 7.36. The van der Waals surface area contributed by atoms with Gasteiger partial charge >= 0.3 is 5.97 Å². The molecule has 1 atom stereocenters. The third-order valence-corrected chi connectivity index (χ3v) is 7.94. The topological polar surface area (TPSA) is 84.5 Å². The molecule has 0 spiro atoms. The molecule has 0 aromatic carbocycles. The van der Waals surface area contributed by atoms with Crippen LogP contribution in [0, 0.1) is 5.92 Å². The molecule has 3 heterocycles. The molecule has 9 heteroatoms. The maximum atomic E-state index is 13.0. The lowest BCUT2D eigenvalue weighted by Gasteiger charge is -2.18. The number of hydrogen-bond acceptors (Lipinski definition) is 7. The van der Waals surface area contributed by atoms with Crippen molar-refractivity contribution in [3.05, 3.63) is 60.8 Å². The Bertz CT molecular complexity index is 1070. The van der Waals surface area contributed by atoms with E-state index >= 15 is 0 Å². The van der Waals surface area contributed by atoms with Crippen LogP contribution < -0.4 is 10.6 Å². The largest absolute Gasteiger partial charge is 0.460 e. The Balaban J connectivity index is 1.44. The van der Waals surface area contributed by atoms with Crippen LogP contribution in [-0.4, -0.2) is 30.9 Å². The van der Waals surface area contributed by atoms with Gasteiger partial charge in [-0.15, -0.1) is 34.0 Å². The van der Waals surface area contributed by atoms with E-state index in [0.717, 1.165) is 29.7 Å². The molecule has 0 radical (unpaired) electrons. The highest BCUT2D eigenvalue weighted by atomic mass is 32.1. The molecule has 1 aliphatic rings. The Morgan fingerprint density at radius 2 is 1.84 bits per heavy atom. The fourth-order valence-electron chi connectivity index (χ4n) is 3.51. The van der Waals surface area contributed by atoms with Crippen molar-refractivity contribution in [2.75, 3.05) is 18.5 Å².